The van der Waals surface area contributed by atoms with Crippen molar-refractivity contribution in [2.24, 2.45) is 7.05 Å². The van der Waals surface area contributed by atoms with Gasteiger partial charge < -0.3 is 14.8 Å². The second kappa shape index (κ2) is 7.31. The van der Waals surface area contributed by atoms with Gasteiger partial charge >= 0.3 is 0 Å². The number of hydrogen-bond donors (Lipinski definition) is 2. The largest absolute Gasteiger partial charge is 0.503 e. The lowest BCUT2D eigenvalue weighted by Crippen LogP contribution is -2.28. The van der Waals surface area contributed by atoms with E-state index >= 15 is 0 Å². The van der Waals surface area contributed by atoms with Crippen molar-refractivity contribution in [1.29, 1.82) is 0 Å². The molecule has 1 aromatic heterocycles. The smallest absolute Gasteiger partial charge is 0.223 e. The Balaban J connectivity index is 3.10. The first-order chi connectivity index (χ1) is 9.04. The summed E-state index contributed by atoms with van der Waals surface area (Å²) in [5.41, 5.74) is 0.661. The number of aromatic hydroxyl groups is 1. The summed E-state index contributed by atoms with van der Waals surface area (Å²) in [5.74, 6) is -0.211. The van der Waals surface area contributed by atoms with Gasteiger partial charge in [0.1, 0.15) is 0 Å². The Morgan fingerprint density at radius 2 is 1.84 bits per heavy atom. The van der Waals surface area contributed by atoms with E-state index in [1.165, 1.54) is 6.07 Å². The zero-order valence-electron chi connectivity index (χ0n) is 12.0. The first-order valence-electron chi connectivity index (χ1n) is 6.79. The van der Waals surface area contributed by atoms with Crippen molar-refractivity contribution in [1.82, 2.24) is 9.47 Å². The summed E-state index contributed by atoms with van der Waals surface area (Å²) in [5, 5.41) is 19.2. The molecule has 0 amide bonds. The molecule has 0 atom stereocenters. The molecule has 2 N–H and O–H groups in total. The van der Waals surface area contributed by atoms with Crippen molar-refractivity contribution in [3.8, 4) is 5.75 Å². The highest BCUT2D eigenvalue weighted by atomic mass is 16.3. The number of rotatable bonds is 7. The van der Waals surface area contributed by atoms with Crippen LogP contribution in [0.1, 0.15) is 38.1 Å². The molecule has 1 aromatic rings. The summed E-state index contributed by atoms with van der Waals surface area (Å²) in [4.78, 5) is 13.9. The molecule has 1 rings (SSSR count). The molecule has 0 bridgehead atoms. The maximum Gasteiger partial charge on any atom is 0.223 e. The van der Waals surface area contributed by atoms with E-state index in [-0.39, 0.29) is 12.4 Å². The van der Waals surface area contributed by atoms with Crippen molar-refractivity contribution in [2.75, 3.05) is 13.1 Å². The molecule has 108 valence electrons. The molecule has 0 aliphatic carbocycles. The van der Waals surface area contributed by atoms with E-state index in [0.29, 0.717) is 17.9 Å². The lowest BCUT2D eigenvalue weighted by Gasteiger charge is -2.23. The Morgan fingerprint density at radius 1 is 1.26 bits per heavy atom. The molecule has 0 radical (unpaired) electrons. The Morgan fingerprint density at radius 3 is 2.32 bits per heavy atom. The van der Waals surface area contributed by atoms with Gasteiger partial charge in [0.15, 0.2) is 5.75 Å². The molecule has 1 heterocycles. The van der Waals surface area contributed by atoms with Crippen molar-refractivity contribution >= 4 is 0 Å². The van der Waals surface area contributed by atoms with Gasteiger partial charge in [0.2, 0.25) is 5.43 Å². The molecule has 0 spiro atoms. The van der Waals surface area contributed by atoms with E-state index in [1.807, 2.05) is 0 Å². The van der Waals surface area contributed by atoms with E-state index in [2.05, 4.69) is 18.7 Å². The Kier molecular flexibility index (Phi) is 6.05. The van der Waals surface area contributed by atoms with Gasteiger partial charge in [-0.05, 0) is 25.9 Å². The highest BCUT2D eigenvalue weighted by Crippen LogP contribution is 2.16. The Bertz CT molecular complexity index is 462. The van der Waals surface area contributed by atoms with E-state index in [0.717, 1.165) is 25.9 Å². The molecule has 0 saturated carbocycles. The molecule has 0 aliphatic rings. The summed E-state index contributed by atoms with van der Waals surface area (Å²) < 4.78 is 1.70. The van der Waals surface area contributed by atoms with Gasteiger partial charge in [-0.2, -0.15) is 0 Å². The fourth-order valence-corrected chi connectivity index (χ4v) is 2.24. The fourth-order valence-electron chi connectivity index (χ4n) is 2.24. The summed E-state index contributed by atoms with van der Waals surface area (Å²) >= 11 is 0. The zero-order chi connectivity index (χ0) is 14.4. The molecule has 19 heavy (non-hydrogen) atoms. The first-order valence-corrected chi connectivity index (χ1v) is 6.79. The van der Waals surface area contributed by atoms with Crippen LogP contribution in [0.2, 0.25) is 0 Å². The number of aliphatic hydroxyl groups excluding tert-OH is 1. The molecule has 0 fully saturated rings. The average Bonchev–Trinajstić information content (AvgIpc) is 2.39. The summed E-state index contributed by atoms with van der Waals surface area (Å²) in [6, 6.07) is 1.28. The van der Waals surface area contributed by atoms with Gasteiger partial charge in [0.05, 0.1) is 12.3 Å². The standard InChI is InChI=1S/C14H24N2O3/c1-4-6-16(7-5-2)9-12-14(19)13(18)8-11(10-17)15(12)3/h8,17,19H,4-7,9-10H2,1-3H3. The maximum atomic E-state index is 11.7. The minimum absolute atomic E-state index is 0.208. The maximum absolute atomic E-state index is 11.7. The molecule has 0 saturated heterocycles. The van der Waals surface area contributed by atoms with Crippen molar-refractivity contribution in [2.45, 2.75) is 39.8 Å². The molecular weight excluding hydrogens is 244 g/mol. The molecular formula is C14H24N2O3. The molecule has 5 heteroatoms. The Labute approximate surface area is 114 Å². The average molecular weight is 268 g/mol. The van der Waals surface area contributed by atoms with Crippen LogP contribution in [0, 0.1) is 0 Å². The van der Waals surface area contributed by atoms with Crippen molar-refractivity contribution in [3.05, 3.63) is 27.7 Å². The highest BCUT2D eigenvalue weighted by Gasteiger charge is 2.15. The van der Waals surface area contributed by atoms with Crippen LogP contribution in [0.3, 0.4) is 0 Å². The molecule has 0 unspecified atom stereocenters. The lowest BCUT2D eigenvalue weighted by molar-refractivity contribution is 0.247. The lowest BCUT2D eigenvalue weighted by atomic mass is 10.2. The number of aliphatic hydroxyl groups is 1. The summed E-state index contributed by atoms with van der Waals surface area (Å²) in [7, 11) is 1.76. The van der Waals surface area contributed by atoms with E-state index in [1.54, 1.807) is 11.6 Å². The predicted molar refractivity (Wildman–Crippen MR) is 75.1 cm³/mol. The molecule has 0 aromatic carbocycles. The number of aromatic nitrogens is 1. The second-order valence-corrected chi connectivity index (χ2v) is 4.79. The highest BCUT2D eigenvalue weighted by molar-refractivity contribution is 5.29. The van der Waals surface area contributed by atoms with Crippen LogP contribution >= 0.6 is 0 Å². The van der Waals surface area contributed by atoms with E-state index in [9.17, 15) is 15.0 Å². The van der Waals surface area contributed by atoms with Gasteiger partial charge in [0, 0.05) is 25.4 Å². The summed E-state index contributed by atoms with van der Waals surface area (Å²) in [6.07, 6.45) is 2.04. The quantitative estimate of drug-likeness (QED) is 0.780. The van der Waals surface area contributed by atoms with E-state index in [4.69, 9.17) is 0 Å². The number of hydrogen-bond acceptors (Lipinski definition) is 4. The zero-order valence-corrected chi connectivity index (χ0v) is 12.0. The predicted octanol–water partition coefficient (Wildman–Crippen LogP) is 1.21. The van der Waals surface area contributed by atoms with Crippen LogP contribution in [0.25, 0.3) is 0 Å². The van der Waals surface area contributed by atoms with Gasteiger partial charge in [-0.15, -0.1) is 0 Å². The minimum atomic E-state index is -0.426. The third kappa shape index (κ3) is 3.81. The minimum Gasteiger partial charge on any atom is -0.503 e. The van der Waals surface area contributed by atoms with Crippen molar-refractivity contribution < 1.29 is 10.2 Å². The van der Waals surface area contributed by atoms with Gasteiger partial charge in [-0.1, -0.05) is 13.8 Å². The topological polar surface area (TPSA) is 65.7 Å². The van der Waals surface area contributed by atoms with Crippen molar-refractivity contribution in [3.63, 3.8) is 0 Å². The van der Waals surface area contributed by atoms with Crippen LogP contribution in [0.4, 0.5) is 0 Å². The van der Waals surface area contributed by atoms with Crippen LogP contribution in [-0.2, 0) is 20.2 Å². The van der Waals surface area contributed by atoms with Gasteiger partial charge in [0.25, 0.3) is 0 Å². The van der Waals surface area contributed by atoms with Crippen LogP contribution < -0.4 is 5.43 Å². The Hall–Kier alpha value is -1.33. The van der Waals surface area contributed by atoms with E-state index < -0.39 is 5.43 Å². The normalized spacial score (nSPS) is 11.2. The van der Waals surface area contributed by atoms with Crippen LogP contribution in [0.5, 0.6) is 5.75 Å². The van der Waals surface area contributed by atoms with Crippen LogP contribution in [-0.4, -0.2) is 32.8 Å². The summed E-state index contributed by atoms with van der Waals surface area (Å²) in [6.45, 7) is 6.36. The number of nitrogens with zero attached hydrogens (tertiary/aromatic N) is 2. The number of pyridine rings is 1. The molecule has 0 aliphatic heterocycles. The monoisotopic (exact) mass is 268 g/mol. The second-order valence-electron chi connectivity index (χ2n) is 4.79. The fraction of sp³-hybridized carbons (Fsp3) is 0.643. The first kappa shape index (κ1) is 15.7. The van der Waals surface area contributed by atoms with Gasteiger partial charge in [-0.25, -0.2) is 0 Å². The third-order valence-corrected chi connectivity index (χ3v) is 3.26. The van der Waals surface area contributed by atoms with Crippen LogP contribution in [0.15, 0.2) is 10.9 Å². The molecule has 5 nitrogen and oxygen atoms in total. The third-order valence-electron chi connectivity index (χ3n) is 3.26. The SMILES string of the molecule is CCCN(CCC)Cc1c(O)c(=O)cc(CO)n1C. The van der Waals surface area contributed by atoms with Gasteiger partial charge in [-0.3, -0.25) is 9.69 Å².